The van der Waals surface area contributed by atoms with Crippen molar-refractivity contribution in [3.8, 4) is 5.75 Å². The molecule has 0 saturated carbocycles. The lowest BCUT2D eigenvalue weighted by molar-refractivity contribution is -0.111. The van der Waals surface area contributed by atoms with Crippen LogP contribution in [0.15, 0.2) is 59.6 Å². The van der Waals surface area contributed by atoms with Crippen molar-refractivity contribution in [1.29, 1.82) is 0 Å². The second-order valence-electron chi connectivity index (χ2n) is 7.22. The fraction of sp³-hybridized carbons (Fsp3) is 0.261. The van der Waals surface area contributed by atoms with Gasteiger partial charge in [0.2, 0.25) is 15.9 Å². The first-order valence-electron chi connectivity index (χ1n) is 10.5. The highest BCUT2D eigenvalue weighted by Crippen LogP contribution is 2.30. The molecule has 1 aliphatic heterocycles. The molecule has 1 amide bonds. The molecular formula is C23H24N4O5S. The molecule has 172 valence electrons. The average molecular weight is 469 g/mol. The number of aromatic nitrogens is 2. The number of hydrogen-bond acceptors (Lipinski definition) is 7. The molecule has 1 N–H and O–H groups in total. The van der Waals surface area contributed by atoms with Gasteiger partial charge in [-0.3, -0.25) is 9.78 Å². The van der Waals surface area contributed by atoms with E-state index in [0.29, 0.717) is 31.2 Å². The van der Waals surface area contributed by atoms with Crippen molar-refractivity contribution >= 4 is 38.7 Å². The average Bonchev–Trinajstić information content (AvgIpc) is 2.84. The van der Waals surface area contributed by atoms with Crippen LogP contribution < -0.4 is 10.1 Å². The molecule has 4 rings (SSSR count). The van der Waals surface area contributed by atoms with Gasteiger partial charge in [0.1, 0.15) is 10.6 Å². The van der Waals surface area contributed by atoms with Gasteiger partial charge in [0, 0.05) is 24.9 Å². The smallest absolute Gasteiger partial charge is 0.248 e. The van der Waals surface area contributed by atoms with Crippen molar-refractivity contribution in [1.82, 2.24) is 14.3 Å². The fourth-order valence-electron chi connectivity index (χ4n) is 3.38. The summed E-state index contributed by atoms with van der Waals surface area (Å²) in [6.45, 7) is 3.29. The number of sulfonamides is 1. The third kappa shape index (κ3) is 5.36. The Balaban J connectivity index is 1.53. The van der Waals surface area contributed by atoms with Crippen LogP contribution >= 0.6 is 0 Å². The van der Waals surface area contributed by atoms with Gasteiger partial charge in [0.25, 0.3) is 0 Å². The highest BCUT2D eigenvalue weighted by molar-refractivity contribution is 7.89. The fourth-order valence-corrected chi connectivity index (χ4v) is 4.95. The molecule has 33 heavy (non-hydrogen) atoms. The summed E-state index contributed by atoms with van der Waals surface area (Å²) >= 11 is 0. The molecule has 0 spiro atoms. The first-order chi connectivity index (χ1) is 16.0. The van der Waals surface area contributed by atoms with E-state index >= 15 is 0 Å². The molecule has 2 aromatic carbocycles. The zero-order chi connectivity index (χ0) is 23.3. The third-order valence-corrected chi connectivity index (χ3v) is 6.89. The molecule has 3 aromatic rings. The number of morpholine rings is 1. The molecule has 1 aromatic heterocycles. The van der Waals surface area contributed by atoms with Gasteiger partial charge in [-0.1, -0.05) is 12.1 Å². The number of para-hydroxylation sites is 2. The molecule has 9 nitrogen and oxygen atoms in total. The Bertz CT molecular complexity index is 1290. The minimum Gasteiger partial charge on any atom is -0.492 e. The minimum absolute atomic E-state index is 0.00780. The minimum atomic E-state index is -3.81. The normalized spacial score (nSPS) is 15.1. The second kappa shape index (κ2) is 10.1. The summed E-state index contributed by atoms with van der Waals surface area (Å²) in [4.78, 5) is 21.2. The van der Waals surface area contributed by atoms with Crippen LogP contribution in [0.25, 0.3) is 17.1 Å². The van der Waals surface area contributed by atoms with Gasteiger partial charge < -0.3 is 14.8 Å². The van der Waals surface area contributed by atoms with Crippen LogP contribution in [0.2, 0.25) is 0 Å². The Hall–Kier alpha value is -3.34. The van der Waals surface area contributed by atoms with Gasteiger partial charge in [-0.25, -0.2) is 13.4 Å². The van der Waals surface area contributed by atoms with E-state index in [9.17, 15) is 13.2 Å². The topological polar surface area (TPSA) is 111 Å². The molecule has 10 heteroatoms. The Morgan fingerprint density at radius 1 is 1.18 bits per heavy atom. The van der Waals surface area contributed by atoms with E-state index in [4.69, 9.17) is 9.47 Å². The number of anilines is 1. The largest absolute Gasteiger partial charge is 0.492 e. The molecule has 0 bridgehead atoms. The number of carbonyl (C=O) groups excluding carboxylic acids is 1. The molecule has 0 radical (unpaired) electrons. The molecule has 1 saturated heterocycles. The van der Waals surface area contributed by atoms with Crippen LogP contribution in [0.4, 0.5) is 5.69 Å². The van der Waals surface area contributed by atoms with E-state index in [0.717, 1.165) is 11.0 Å². The summed E-state index contributed by atoms with van der Waals surface area (Å²) in [6, 6.07) is 12.0. The number of nitrogens with one attached hydrogen (secondary N) is 1. The monoisotopic (exact) mass is 468 g/mol. The molecule has 0 unspecified atom stereocenters. The van der Waals surface area contributed by atoms with E-state index in [1.165, 1.54) is 16.4 Å². The highest BCUT2D eigenvalue weighted by Gasteiger charge is 2.29. The van der Waals surface area contributed by atoms with Gasteiger partial charge in [-0.15, -0.1) is 0 Å². The Morgan fingerprint density at radius 2 is 1.94 bits per heavy atom. The van der Waals surface area contributed by atoms with E-state index in [-0.39, 0.29) is 23.7 Å². The van der Waals surface area contributed by atoms with Crippen LogP contribution in [0, 0.1) is 0 Å². The first kappa shape index (κ1) is 22.8. The van der Waals surface area contributed by atoms with Crippen molar-refractivity contribution in [2.45, 2.75) is 11.8 Å². The number of amides is 1. The van der Waals surface area contributed by atoms with Gasteiger partial charge in [-0.05, 0) is 43.3 Å². The van der Waals surface area contributed by atoms with Crippen molar-refractivity contribution < 1.29 is 22.7 Å². The predicted octanol–water partition coefficient (Wildman–Crippen LogP) is 2.70. The quantitative estimate of drug-likeness (QED) is 0.531. The number of rotatable bonds is 7. The lowest BCUT2D eigenvalue weighted by atomic mass is 10.2. The standard InChI is InChI=1S/C23H24N4O5S/c1-2-32-21-9-7-17(15-22(21)33(29,30)27-11-13-31-14-12-27)26-23(28)10-8-18-16-24-19-5-3-4-6-20(19)25-18/h3-10,15-16H,2,11-14H2,1H3,(H,26,28)/b10-8+. The summed E-state index contributed by atoms with van der Waals surface area (Å²) in [6.07, 6.45) is 4.45. The summed E-state index contributed by atoms with van der Waals surface area (Å²) in [5, 5.41) is 2.70. The number of nitrogens with zero attached hydrogens (tertiary/aromatic N) is 3. The third-order valence-electron chi connectivity index (χ3n) is 4.97. The van der Waals surface area contributed by atoms with Gasteiger partial charge in [-0.2, -0.15) is 4.31 Å². The number of hydrogen-bond donors (Lipinski definition) is 1. The van der Waals surface area contributed by atoms with Crippen LogP contribution in [0.5, 0.6) is 5.75 Å². The number of ether oxygens (including phenoxy) is 2. The summed E-state index contributed by atoms with van der Waals surface area (Å²) in [7, 11) is -3.81. The van der Waals surface area contributed by atoms with Crippen LogP contribution in [0.3, 0.4) is 0 Å². The van der Waals surface area contributed by atoms with E-state index in [2.05, 4.69) is 15.3 Å². The van der Waals surface area contributed by atoms with Crippen LogP contribution in [-0.2, 0) is 19.6 Å². The maximum Gasteiger partial charge on any atom is 0.248 e. The van der Waals surface area contributed by atoms with Crippen LogP contribution in [-0.4, -0.2) is 61.5 Å². The van der Waals surface area contributed by atoms with Gasteiger partial charge in [0.15, 0.2) is 0 Å². The van der Waals surface area contributed by atoms with Crippen molar-refractivity contribution in [3.63, 3.8) is 0 Å². The molecule has 1 fully saturated rings. The van der Waals surface area contributed by atoms with Gasteiger partial charge >= 0.3 is 0 Å². The zero-order valence-corrected chi connectivity index (χ0v) is 18.9. The van der Waals surface area contributed by atoms with E-state index in [1.54, 1.807) is 31.3 Å². The molecule has 0 atom stereocenters. The Labute approximate surface area is 192 Å². The first-order valence-corrected chi connectivity index (χ1v) is 12.0. The lowest BCUT2D eigenvalue weighted by Gasteiger charge is -2.27. The lowest BCUT2D eigenvalue weighted by Crippen LogP contribution is -2.40. The SMILES string of the molecule is CCOc1ccc(NC(=O)/C=C/c2cnc3ccccc3n2)cc1S(=O)(=O)N1CCOCC1. The summed E-state index contributed by atoms with van der Waals surface area (Å²) in [5.41, 5.74) is 2.36. The number of carbonyl (C=O) groups is 1. The summed E-state index contributed by atoms with van der Waals surface area (Å²) < 4.78 is 38.5. The second-order valence-corrected chi connectivity index (χ2v) is 9.12. The van der Waals surface area contributed by atoms with Gasteiger partial charge in [0.05, 0.1) is 42.7 Å². The molecule has 2 heterocycles. The van der Waals surface area contributed by atoms with E-state index in [1.807, 2.05) is 24.3 Å². The molecule has 0 aliphatic carbocycles. The van der Waals surface area contributed by atoms with Crippen molar-refractivity contribution in [3.05, 3.63) is 60.4 Å². The zero-order valence-electron chi connectivity index (χ0n) is 18.1. The van der Waals surface area contributed by atoms with Crippen molar-refractivity contribution in [2.75, 3.05) is 38.2 Å². The maximum atomic E-state index is 13.2. The van der Waals surface area contributed by atoms with E-state index < -0.39 is 15.9 Å². The highest BCUT2D eigenvalue weighted by atomic mass is 32.2. The molecular weight excluding hydrogens is 444 g/mol. The maximum absolute atomic E-state index is 13.2. The predicted molar refractivity (Wildman–Crippen MR) is 124 cm³/mol. The number of benzene rings is 2. The summed E-state index contributed by atoms with van der Waals surface area (Å²) in [5.74, 6) is -0.187. The molecule has 1 aliphatic rings. The van der Waals surface area contributed by atoms with Crippen molar-refractivity contribution in [2.24, 2.45) is 0 Å². The number of fused-ring (bicyclic) bond motifs is 1. The Kier molecular flexibility index (Phi) is 6.97. The van der Waals surface area contributed by atoms with Crippen LogP contribution in [0.1, 0.15) is 12.6 Å². The Morgan fingerprint density at radius 3 is 2.70 bits per heavy atom.